The zero-order valence-corrected chi connectivity index (χ0v) is 25.1. The fraction of sp³-hybridized carbons (Fsp3) is 0.567. The minimum atomic E-state index is -0.338. The van der Waals surface area contributed by atoms with Gasteiger partial charge in [-0.15, -0.1) is 11.3 Å². The van der Waals surface area contributed by atoms with Crippen molar-refractivity contribution in [3.05, 3.63) is 51.4 Å². The van der Waals surface area contributed by atoms with E-state index in [2.05, 4.69) is 24.2 Å². The highest BCUT2D eigenvalue weighted by atomic mass is 32.1. The van der Waals surface area contributed by atoms with Crippen molar-refractivity contribution in [1.29, 1.82) is 0 Å². The predicted molar refractivity (Wildman–Crippen MR) is 155 cm³/mol. The third-order valence-electron chi connectivity index (χ3n) is 9.12. The number of ether oxygens (including phenoxy) is 2. The van der Waals surface area contributed by atoms with Crippen LogP contribution in [0.2, 0.25) is 0 Å². The summed E-state index contributed by atoms with van der Waals surface area (Å²) < 4.78 is 13.7. The van der Waals surface area contributed by atoms with Crippen LogP contribution in [0.15, 0.2) is 40.8 Å². The summed E-state index contributed by atoms with van der Waals surface area (Å²) in [5.41, 5.74) is 4.02. The topological polar surface area (TPSA) is 80.1 Å². The first-order chi connectivity index (χ1) is 19.2. The third-order valence-corrected chi connectivity index (χ3v) is 10.3. The fourth-order valence-corrected chi connectivity index (χ4v) is 8.11. The van der Waals surface area contributed by atoms with Crippen LogP contribution in [0.5, 0.6) is 0 Å². The number of urea groups is 1. The highest BCUT2D eigenvalue weighted by Crippen LogP contribution is 2.61. The normalized spacial score (nSPS) is 27.1. The SMILES string of the molecule is CCN1CCN(C(=O)c2cc3c(C)nn(C)c3s2)CCCC2=C[C@H](C)C3=C(C=C(OC)C4CC34OC)CN2C1=O. The van der Waals surface area contributed by atoms with Crippen molar-refractivity contribution in [1.82, 2.24) is 24.5 Å². The lowest BCUT2D eigenvalue weighted by molar-refractivity contribution is 0.0732. The molecule has 0 bridgehead atoms. The number of methoxy groups -OCH3 is 2. The molecule has 2 unspecified atom stereocenters. The van der Waals surface area contributed by atoms with Crippen LogP contribution >= 0.6 is 11.3 Å². The number of amides is 3. The maximum atomic E-state index is 14.1. The number of rotatable bonds is 4. The van der Waals surface area contributed by atoms with E-state index >= 15 is 0 Å². The molecule has 4 heterocycles. The number of hydrogen-bond donors (Lipinski definition) is 0. The molecule has 10 heteroatoms. The molecule has 2 aliphatic carbocycles. The van der Waals surface area contributed by atoms with E-state index in [0.29, 0.717) is 32.7 Å². The Hall–Kier alpha value is -3.11. The van der Waals surface area contributed by atoms with E-state index in [9.17, 15) is 9.59 Å². The molecular formula is C30H39N5O4S. The minimum Gasteiger partial charge on any atom is -0.501 e. The Kier molecular flexibility index (Phi) is 6.81. The molecule has 3 atom stereocenters. The van der Waals surface area contributed by atoms with Gasteiger partial charge in [0.05, 0.1) is 30.1 Å². The first kappa shape index (κ1) is 27.1. The van der Waals surface area contributed by atoms with Crippen molar-refractivity contribution in [2.45, 2.75) is 45.6 Å². The average Bonchev–Trinajstić information content (AvgIpc) is 3.46. The Balaban J connectivity index is 1.29. The molecule has 0 aromatic carbocycles. The van der Waals surface area contributed by atoms with Crippen molar-refractivity contribution in [3.8, 4) is 0 Å². The lowest BCUT2D eigenvalue weighted by Crippen LogP contribution is -2.48. The van der Waals surface area contributed by atoms with Gasteiger partial charge in [-0.25, -0.2) is 4.79 Å². The van der Waals surface area contributed by atoms with E-state index in [4.69, 9.17) is 9.47 Å². The Bertz CT molecular complexity index is 1430. The molecule has 3 amide bonds. The second-order valence-electron chi connectivity index (χ2n) is 11.4. The van der Waals surface area contributed by atoms with E-state index in [1.807, 2.05) is 46.3 Å². The number of nitrogens with zero attached hydrogens (tertiary/aromatic N) is 5. The summed E-state index contributed by atoms with van der Waals surface area (Å²) >= 11 is 1.49. The Morgan fingerprint density at radius 3 is 2.75 bits per heavy atom. The van der Waals surface area contributed by atoms with E-state index in [1.165, 1.54) is 16.9 Å². The van der Waals surface area contributed by atoms with Crippen LogP contribution in [0, 0.1) is 18.8 Å². The van der Waals surface area contributed by atoms with Crippen LogP contribution in [-0.2, 0) is 16.5 Å². The molecule has 9 nitrogen and oxygen atoms in total. The number of carbonyl (C=O) groups excluding carboxylic acids is 2. The molecule has 1 saturated carbocycles. The van der Waals surface area contributed by atoms with E-state index < -0.39 is 0 Å². The largest absolute Gasteiger partial charge is 0.501 e. The summed E-state index contributed by atoms with van der Waals surface area (Å²) in [6.45, 7) is 8.89. The number of fused-ring (bicyclic) bond motifs is 4. The second kappa shape index (κ2) is 10.1. The van der Waals surface area contributed by atoms with Gasteiger partial charge in [-0.1, -0.05) is 13.0 Å². The van der Waals surface area contributed by atoms with Gasteiger partial charge >= 0.3 is 6.03 Å². The van der Waals surface area contributed by atoms with Crippen LogP contribution in [0.4, 0.5) is 4.79 Å². The highest BCUT2D eigenvalue weighted by Gasteiger charge is 2.63. The molecule has 0 radical (unpaired) electrons. The van der Waals surface area contributed by atoms with Crippen molar-refractivity contribution >= 4 is 33.5 Å². The van der Waals surface area contributed by atoms with E-state index in [0.717, 1.165) is 57.1 Å². The van der Waals surface area contributed by atoms with Gasteiger partial charge in [-0.2, -0.15) is 5.10 Å². The number of aryl methyl sites for hydroxylation is 2. The molecule has 0 spiro atoms. The highest BCUT2D eigenvalue weighted by molar-refractivity contribution is 7.20. The number of thiophene rings is 1. The lowest BCUT2D eigenvalue weighted by Gasteiger charge is -2.35. The Labute approximate surface area is 239 Å². The fourth-order valence-electron chi connectivity index (χ4n) is 7.02. The van der Waals surface area contributed by atoms with Gasteiger partial charge in [0.15, 0.2) is 0 Å². The predicted octanol–water partition coefficient (Wildman–Crippen LogP) is 4.70. The van der Waals surface area contributed by atoms with Gasteiger partial charge in [0, 0.05) is 57.3 Å². The van der Waals surface area contributed by atoms with Crippen molar-refractivity contribution < 1.29 is 19.1 Å². The van der Waals surface area contributed by atoms with Gasteiger partial charge in [0.25, 0.3) is 5.91 Å². The number of allylic oxidation sites excluding steroid dienone is 2. The molecule has 4 aliphatic rings. The zero-order valence-electron chi connectivity index (χ0n) is 24.3. The van der Waals surface area contributed by atoms with Crippen molar-refractivity contribution in [3.63, 3.8) is 0 Å². The standard InChI is InChI=1S/C30H39N5O4S/c1-7-33-11-12-34(27(36)25-15-22-19(3)31-32(4)28(22)40-25)10-8-9-21-13-18(2)26-20(17-35(21)29(33)37)14-24(38-5)23-16-30(23,26)39-6/h13-15,18,23H,7-12,16-17H2,1-6H3/t18-,23?,30?/m0/s1. The summed E-state index contributed by atoms with van der Waals surface area (Å²) in [6, 6.07) is 1.96. The Morgan fingerprint density at radius 2 is 2.05 bits per heavy atom. The average molecular weight is 566 g/mol. The molecule has 6 rings (SSSR count). The summed E-state index contributed by atoms with van der Waals surface area (Å²) in [5, 5.41) is 5.50. The molecule has 2 aliphatic heterocycles. The van der Waals surface area contributed by atoms with Crippen LogP contribution < -0.4 is 0 Å². The van der Waals surface area contributed by atoms with Crippen LogP contribution in [0.25, 0.3) is 10.2 Å². The van der Waals surface area contributed by atoms with Gasteiger partial charge in [0.1, 0.15) is 16.2 Å². The number of likely N-dealkylation sites (N-methyl/N-ethyl adjacent to an activating group) is 1. The third kappa shape index (κ3) is 4.18. The van der Waals surface area contributed by atoms with Crippen molar-refractivity contribution in [2.75, 3.05) is 46.9 Å². The number of hydrogen-bond acceptors (Lipinski definition) is 6. The second-order valence-corrected chi connectivity index (χ2v) is 12.4. The lowest BCUT2D eigenvalue weighted by atomic mass is 9.84. The molecule has 1 saturated heterocycles. The monoisotopic (exact) mass is 565 g/mol. The Morgan fingerprint density at radius 1 is 1.25 bits per heavy atom. The summed E-state index contributed by atoms with van der Waals surface area (Å²) in [5.74, 6) is 1.35. The van der Waals surface area contributed by atoms with Gasteiger partial charge in [-0.3, -0.25) is 14.4 Å². The maximum Gasteiger partial charge on any atom is 0.324 e. The molecule has 2 aromatic heterocycles. The summed E-state index contributed by atoms with van der Waals surface area (Å²) in [7, 11) is 5.42. The molecule has 0 N–H and O–H groups in total. The zero-order chi connectivity index (χ0) is 28.3. The van der Waals surface area contributed by atoms with Gasteiger partial charge < -0.3 is 19.3 Å². The molecule has 2 aromatic rings. The van der Waals surface area contributed by atoms with E-state index in [-0.39, 0.29) is 29.4 Å². The molecular weight excluding hydrogens is 526 g/mol. The summed E-state index contributed by atoms with van der Waals surface area (Å²) in [6.07, 6.45) is 6.81. The van der Waals surface area contributed by atoms with Crippen LogP contribution in [-0.4, -0.2) is 89.0 Å². The number of aromatic nitrogens is 2. The first-order valence-corrected chi connectivity index (χ1v) is 15.1. The molecule has 40 heavy (non-hydrogen) atoms. The van der Waals surface area contributed by atoms with Crippen LogP contribution in [0.3, 0.4) is 0 Å². The summed E-state index contributed by atoms with van der Waals surface area (Å²) in [4.78, 5) is 35.2. The van der Waals surface area contributed by atoms with E-state index in [1.54, 1.807) is 14.2 Å². The van der Waals surface area contributed by atoms with Gasteiger partial charge in [-0.05, 0) is 56.4 Å². The quantitative estimate of drug-likeness (QED) is 0.537. The number of carbonyl (C=O) groups is 2. The molecule has 2 fully saturated rings. The maximum absolute atomic E-state index is 14.1. The van der Waals surface area contributed by atoms with Gasteiger partial charge in [0.2, 0.25) is 0 Å². The van der Waals surface area contributed by atoms with Crippen LogP contribution in [0.1, 0.15) is 48.5 Å². The minimum absolute atomic E-state index is 0.00989. The molecule has 214 valence electrons. The van der Waals surface area contributed by atoms with Crippen molar-refractivity contribution in [2.24, 2.45) is 18.9 Å². The smallest absolute Gasteiger partial charge is 0.324 e. The first-order valence-electron chi connectivity index (χ1n) is 14.3.